The predicted molar refractivity (Wildman–Crippen MR) is 82.2 cm³/mol. The largest absolute Gasteiger partial charge is 0.397 e. The van der Waals surface area contributed by atoms with Crippen molar-refractivity contribution in [2.45, 2.75) is 25.8 Å². The standard InChI is InChI=1S/C14H20BrN3O/c1-10(14(19)18-7-3-4-8-18)17(2)13-6-5-11(15)9-12(13)16/h5-6,9-10H,3-4,7-8,16H2,1-2H3. The van der Waals surface area contributed by atoms with Gasteiger partial charge in [-0.1, -0.05) is 15.9 Å². The van der Waals surface area contributed by atoms with Crippen molar-refractivity contribution in [3.8, 4) is 0 Å². The first-order valence-electron chi connectivity index (χ1n) is 6.57. The Hall–Kier alpha value is -1.23. The van der Waals surface area contributed by atoms with Crippen LogP contribution in [-0.4, -0.2) is 37.0 Å². The average molecular weight is 326 g/mol. The summed E-state index contributed by atoms with van der Waals surface area (Å²) in [5.41, 5.74) is 7.59. The van der Waals surface area contributed by atoms with Crippen LogP contribution in [0.15, 0.2) is 22.7 Å². The molecule has 1 amide bonds. The Morgan fingerprint density at radius 2 is 2.05 bits per heavy atom. The van der Waals surface area contributed by atoms with Crippen LogP contribution >= 0.6 is 15.9 Å². The van der Waals surface area contributed by atoms with Crippen LogP contribution in [0.25, 0.3) is 0 Å². The van der Waals surface area contributed by atoms with Gasteiger partial charge in [-0.05, 0) is 38.0 Å². The van der Waals surface area contributed by atoms with Gasteiger partial charge in [0.25, 0.3) is 0 Å². The van der Waals surface area contributed by atoms with E-state index in [9.17, 15) is 4.79 Å². The second-order valence-electron chi connectivity index (χ2n) is 5.02. The first-order chi connectivity index (χ1) is 9.00. The van der Waals surface area contributed by atoms with Gasteiger partial charge in [0.2, 0.25) is 5.91 Å². The normalized spacial score (nSPS) is 16.5. The molecular weight excluding hydrogens is 306 g/mol. The number of likely N-dealkylation sites (tertiary alicyclic amines) is 1. The van der Waals surface area contributed by atoms with Crippen LogP contribution in [0, 0.1) is 0 Å². The van der Waals surface area contributed by atoms with E-state index in [0.717, 1.165) is 36.1 Å². The third-order valence-electron chi connectivity index (χ3n) is 3.73. The molecule has 1 fully saturated rings. The molecule has 1 aromatic rings. The van der Waals surface area contributed by atoms with Crippen LogP contribution < -0.4 is 10.6 Å². The molecule has 1 atom stereocenters. The van der Waals surface area contributed by atoms with Crippen molar-refractivity contribution in [1.82, 2.24) is 4.90 Å². The maximum atomic E-state index is 12.4. The van der Waals surface area contributed by atoms with Gasteiger partial charge in [0, 0.05) is 24.6 Å². The second-order valence-corrected chi connectivity index (χ2v) is 5.94. The molecule has 0 radical (unpaired) electrons. The molecule has 0 bridgehead atoms. The van der Waals surface area contributed by atoms with Gasteiger partial charge in [-0.15, -0.1) is 0 Å². The van der Waals surface area contributed by atoms with Crippen LogP contribution in [0.3, 0.4) is 0 Å². The van der Waals surface area contributed by atoms with Gasteiger partial charge in [-0.2, -0.15) is 0 Å². The van der Waals surface area contributed by atoms with Crippen LogP contribution in [0.2, 0.25) is 0 Å². The molecule has 104 valence electrons. The number of carbonyl (C=O) groups excluding carboxylic acids is 1. The van der Waals surface area contributed by atoms with E-state index in [1.165, 1.54) is 0 Å². The van der Waals surface area contributed by atoms with E-state index < -0.39 is 0 Å². The first-order valence-corrected chi connectivity index (χ1v) is 7.36. The SMILES string of the molecule is CC(C(=O)N1CCCC1)N(C)c1ccc(Br)cc1N. The lowest BCUT2D eigenvalue weighted by Gasteiger charge is -2.30. The summed E-state index contributed by atoms with van der Waals surface area (Å²) in [6.07, 6.45) is 2.23. The van der Waals surface area contributed by atoms with E-state index >= 15 is 0 Å². The summed E-state index contributed by atoms with van der Waals surface area (Å²) in [6, 6.07) is 5.54. The van der Waals surface area contributed by atoms with Gasteiger partial charge in [-0.25, -0.2) is 0 Å². The van der Waals surface area contributed by atoms with E-state index in [4.69, 9.17) is 5.73 Å². The number of nitrogens with two attached hydrogens (primary N) is 1. The van der Waals surface area contributed by atoms with Crippen molar-refractivity contribution in [2.75, 3.05) is 30.8 Å². The lowest BCUT2D eigenvalue weighted by Crippen LogP contribution is -2.44. The molecule has 0 spiro atoms. The molecule has 1 aliphatic rings. The van der Waals surface area contributed by atoms with Crippen LogP contribution in [0.5, 0.6) is 0 Å². The van der Waals surface area contributed by atoms with Gasteiger partial charge in [0.05, 0.1) is 11.4 Å². The summed E-state index contributed by atoms with van der Waals surface area (Å²) in [5, 5.41) is 0. The molecule has 0 saturated carbocycles. The minimum Gasteiger partial charge on any atom is -0.397 e. The minimum absolute atomic E-state index is 0.183. The van der Waals surface area contributed by atoms with E-state index in [2.05, 4.69) is 15.9 Å². The number of hydrogen-bond acceptors (Lipinski definition) is 3. The summed E-state index contributed by atoms with van der Waals surface area (Å²) in [4.78, 5) is 16.3. The van der Waals surface area contributed by atoms with Gasteiger partial charge >= 0.3 is 0 Å². The van der Waals surface area contributed by atoms with Crippen molar-refractivity contribution in [1.29, 1.82) is 0 Å². The summed E-state index contributed by atoms with van der Waals surface area (Å²) in [7, 11) is 1.91. The van der Waals surface area contributed by atoms with Gasteiger partial charge < -0.3 is 15.5 Å². The molecular formula is C14H20BrN3O. The van der Waals surface area contributed by atoms with E-state index in [-0.39, 0.29) is 11.9 Å². The Bertz CT molecular complexity index is 472. The molecule has 1 aromatic carbocycles. The fourth-order valence-electron chi connectivity index (χ4n) is 2.42. The smallest absolute Gasteiger partial charge is 0.244 e. The quantitative estimate of drug-likeness (QED) is 0.868. The molecule has 2 rings (SSSR count). The molecule has 2 N–H and O–H groups in total. The highest BCUT2D eigenvalue weighted by Gasteiger charge is 2.26. The maximum Gasteiger partial charge on any atom is 0.244 e. The number of nitrogen functional groups attached to an aromatic ring is 1. The molecule has 1 heterocycles. The number of hydrogen-bond donors (Lipinski definition) is 1. The van der Waals surface area contributed by atoms with Crippen LogP contribution in [0.1, 0.15) is 19.8 Å². The van der Waals surface area contributed by atoms with Crippen molar-refractivity contribution in [2.24, 2.45) is 0 Å². The molecule has 1 unspecified atom stereocenters. The number of amides is 1. The van der Waals surface area contributed by atoms with E-state index in [1.807, 2.05) is 42.0 Å². The average Bonchev–Trinajstić information content (AvgIpc) is 2.90. The lowest BCUT2D eigenvalue weighted by molar-refractivity contribution is -0.131. The monoisotopic (exact) mass is 325 g/mol. The molecule has 4 nitrogen and oxygen atoms in total. The Labute approximate surface area is 122 Å². The molecule has 0 aliphatic carbocycles. The molecule has 19 heavy (non-hydrogen) atoms. The van der Waals surface area contributed by atoms with Crippen molar-refractivity contribution in [3.63, 3.8) is 0 Å². The molecule has 0 aromatic heterocycles. The van der Waals surface area contributed by atoms with Crippen molar-refractivity contribution < 1.29 is 4.79 Å². The zero-order chi connectivity index (χ0) is 14.0. The number of carbonyl (C=O) groups is 1. The Balaban J connectivity index is 2.13. The van der Waals surface area contributed by atoms with Crippen LogP contribution in [0.4, 0.5) is 11.4 Å². The number of likely N-dealkylation sites (N-methyl/N-ethyl adjacent to an activating group) is 1. The topological polar surface area (TPSA) is 49.6 Å². The first kappa shape index (κ1) is 14.2. The van der Waals surface area contributed by atoms with Crippen LogP contribution in [-0.2, 0) is 4.79 Å². The van der Waals surface area contributed by atoms with Gasteiger partial charge in [-0.3, -0.25) is 4.79 Å². The second kappa shape index (κ2) is 5.82. The summed E-state index contributed by atoms with van der Waals surface area (Å²) < 4.78 is 0.945. The Morgan fingerprint density at radius 1 is 1.42 bits per heavy atom. The van der Waals surface area contributed by atoms with Crippen molar-refractivity contribution >= 4 is 33.2 Å². The zero-order valence-electron chi connectivity index (χ0n) is 11.4. The molecule has 1 saturated heterocycles. The number of nitrogens with zero attached hydrogens (tertiary/aromatic N) is 2. The van der Waals surface area contributed by atoms with E-state index in [1.54, 1.807) is 0 Å². The predicted octanol–water partition coefficient (Wildman–Crippen LogP) is 2.48. The van der Waals surface area contributed by atoms with Crippen molar-refractivity contribution in [3.05, 3.63) is 22.7 Å². The molecule has 5 heteroatoms. The highest BCUT2D eigenvalue weighted by molar-refractivity contribution is 9.10. The Morgan fingerprint density at radius 3 is 2.63 bits per heavy atom. The summed E-state index contributed by atoms with van der Waals surface area (Å²) >= 11 is 3.39. The van der Waals surface area contributed by atoms with Gasteiger partial charge in [0.1, 0.15) is 6.04 Å². The number of halogens is 1. The fourth-order valence-corrected chi connectivity index (χ4v) is 2.80. The Kier molecular flexibility index (Phi) is 4.34. The highest BCUT2D eigenvalue weighted by Crippen LogP contribution is 2.27. The van der Waals surface area contributed by atoms with Gasteiger partial charge in [0.15, 0.2) is 0 Å². The summed E-state index contributed by atoms with van der Waals surface area (Å²) in [5.74, 6) is 0.183. The summed E-state index contributed by atoms with van der Waals surface area (Å²) in [6.45, 7) is 3.70. The maximum absolute atomic E-state index is 12.4. The minimum atomic E-state index is -0.193. The third-order valence-corrected chi connectivity index (χ3v) is 4.22. The third kappa shape index (κ3) is 3.03. The number of anilines is 2. The van der Waals surface area contributed by atoms with E-state index in [0.29, 0.717) is 5.69 Å². The molecule has 1 aliphatic heterocycles. The fraction of sp³-hybridized carbons (Fsp3) is 0.500. The highest BCUT2D eigenvalue weighted by atomic mass is 79.9. The zero-order valence-corrected chi connectivity index (χ0v) is 13.0. The number of rotatable bonds is 3. The number of benzene rings is 1. The lowest BCUT2D eigenvalue weighted by atomic mass is 10.2.